The number of nitrogens with zero attached hydrogens (tertiary/aromatic N) is 2. The van der Waals surface area contributed by atoms with Gasteiger partial charge in [0.05, 0.1) is 0 Å². The SMILES string of the molecule is CN(C(=O)CCNC(=O)N1CCc2ccccc2C1)C1CC2CCC(C1)N2. The molecular formula is C21H30N4O2. The van der Waals surface area contributed by atoms with Crippen LogP contribution in [0.25, 0.3) is 0 Å². The molecule has 27 heavy (non-hydrogen) atoms. The van der Waals surface area contributed by atoms with Gasteiger partial charge < -0.3 is 20.4 Å². The van der Waals surface area contributed by atoms with Crippen LogP contribution in [-0.2, 0) is 17.8 Å². The maximum Gasteiger partial charge on any atom is 0.317 e. The topological polar surface area (TPSA) is 64.7 Å². The van der Waals surface area contributed by atoms with E-state index in [4.69, 9.17) is 0 Å². The Hall–Kier alpha value is -2.08. The van der Waals surface area contributed by atoms with Gasteiger partial charge in [0, 0.05) is 51.2 Å². The third kappa shape index (κ3) is 4.10. The Morgan fingerprint density at radius 3 is 2.63 bits per heavy atom. The van der Waals surface area contributed by atoms with Gasteiger partial charge in [0.25, 0.3) is 0 Å². The lowest BCUT2D eigenvalue weighted by atomic mass is 9.98. The number of hydrogen-bond donors (Lipinski definition) is 2. The van der Waals surface area contributed by atoms with Crippen LogP contribution >= 0.6 is 0 Å². The van der Waals surface area contributed by atoms with Crippen LogP contribution in [0.5, 0.6) is 0 Å². The second kappa shape index (κ2) is 7.89. The molecule has 1 aromatic rings. The van der Waals surface area contributed by atoms with Gasteiger partial charge in [0.15, 0.2) is 0 Å². The third-order valence-electron chi connectivity index (χ3n) is 6.42. The first-order valence-electron chi connectivity index (χ1n) is 10.2. The molecular weight excluding hydrogens is 340 g/mol. The fraction of sp³-hybridized carbons (Fsp3) is 0.619. The largest absolute Gasteiger partial charge is 0.343 e. The molecule has 2 atom stereocenters. The maximum atomic E-state index is 12.5. The number of urea groups is 1. The first kappa shape index (κ1) is 18.3. The zero-order valence-electron chi connectivity index (χ0n) is 16.1. The molecule has 6 nitrogen and oxygen atoms in total. The van der Waals surface area contributed by atoms with E-state index in [2.05, 4.69) is 22.8 Å². The number of piperidine rings is 1. The molecule has 3 heterocycles. The van der Waals surface area contributed by atoms with Crippen molar-refractivity contribution in [3.05, 3.63) is 35.4 Å². The Morgan fingerprint density at radius 2 is 1.89 bits per heavy atom. The van der Waals surface area contributed by atoms with E-state index in [1.807, 2.05) is 29.0 Å². The monoisotopic (exact) mass is 370 g/mol. The summed E-state index contributed by atoms with van der Waals surface area (Å²) < 4.78 is 0. The summed E-state index contributed by atoms with van der Waals surface area (Å²) in [5, 5.41) is 6.54. The Kier molecular flexibility index (Phi) is 5.34. The summed E-state index contributed by atoms with van der Waals surface area (Å²) in [6.45, 7) is 1.78. The highest BCUT2D eigenvalue weighted by molar-refractivity contribution is 5.78. The van der Waals surface area contributed by atoms with E-state index in [9.17, 15) is 9.59 Å². The fourth-order valence-corrected chi connectivity index (χ4v) is 4.78. The van der Waals surface area contributed by atoms with Crippen LogP contribution in [0.15, 0.2) is 24.3 Å². The molecule has 0 radical (unpaired) electrons. The summed E-state index contributed by atoms with van der Waals surface area (Å²) >= 11 is 0. The summed E-state index contributed by atoms with van der Waals surface area (Å²) in [6.07, 6.45) is 5.84. The van der Waals surface area contributed by atoms with Gasteiger partial charge in [-0.2, -0.15) is 0 Å². The van der Waals surface area contributed by atoms with Gasteiger partial charge >= 0.3 is 6.03 Å². The van der Waals surface area contributed by atoms with Crippen LogP contribution in [0.2, 0.25) is 0 Å². The average Bonchev–Trinajstić information content (AvgIpc) is 3.04. The molecule has 2 fully saturated rings. The molecule has 2 N–H and O–H groups in total. The molecule has 0 aromatic heterocycles. The van der Waals surface area contributed by atoms with Crippen molar-refractivity contribution < 1.29 is 9.59 Å². The van der Waals surface area contributed by atoms with Gasteiger partial charge in [-0.05, 0) is 43.2 Å². The maximum absolute atomic E-state index is 12.5. The molecule has 3 amide bonds. The van der Waals surface area contributed by atoms with Crippen LogP contribution < -0.4 is 10.6 Å². The molecule has 0 saturated carbocycles. The predicted octanol–water partition coefficient (Wildman–Crippen LogP) is 1.89. The van der Waals surface area contributed by atoms with E-state index in [0.717, 1.165) is 25.8 Å². The van der Waals surface area contributed by atoms with Crippen LogP contribution in [0, 0.1) is 0 Å². The zero-order valence-corrected chi connectivity index (χ0v) is 16.1. The molecule has 2 bridgehead atoms. The highest BCUT2D eigenvalue weighted by Gasteiger charge is 2.36. The minimum absolute atomic E-state index is 0.0696. The second-order valence-electron chi connectivity index (χ2n) is 8.19. The first-order chi connectivity index (χ1) is 13.1. The lowest BCUT2D eigenvalue weighted by molar-refractivity contribution is -0.132. The summed E-state index contributed by atoms with van der Waals surface area (Å²) in [5.74, 6) is 0.130. The summed E-state index contributed by atoms with van der Waals surface area (Å²) in [5.41, 5.74) is 2.55. The molecule has 146 valence electrons. The minimum atomic E-state index is -0.0696. The Labute approximate surface area is 161 Å². The molecule has 1 aromatic carbocycles. The quantitative estimate of drug-likeness (QED) is 0.851. The van der Waals surface area contributed by atoms with E-state index in [1.54, 1.807) is 0 Å². The van der Waals surface area contributed by atoms with Gasteiger partial charge in [0.2, 0.25) is 5.91 Å². The second-order valence-corrected chi connectivity index (χ2v) is 8.19. The standard InChI is InChI=1S/C21H30N4O2/c1-24(19-12-17-6-7-18(13-19)23-17)20(26)8-10-22-21(27)25-11-9-15-4-2-3-5-16(15)14-25/h2-5,17-19,23H,6-14H2,1H3,(H,22,27). The number of amides is 3. The number of benzene rings is 1. The van der Waals surface area contributed by atoms with Crippen molar-refractivity contribution in [2.45, 2.75) is 63.2 Å². The Balaban J connectivity index is 1.21. The van der Waals surface area contributed by atoms with Gasteiger partial charge in [-0.1, -0.05) is 24.3 Å². The van der Waals surface area contributed by atoms with Gasteiger partial charge in [0.1, 0.15) is 0 Å². The van der Waals surface area contributed by atoms with Crippen LogP contribution in [0.1, 0.15) is 43.2 Å². The molecule has 6 heteroatoms. The van der Waals surface area contributed by atoms with E-state index < -0.39 is 0 Å². The van der Waals surface area contributed by atoms with Crippen molar-refractivity contribution in [3.63, 3.8) is 0 Å². The first-order valence-corrected chi connectivity index (χ1v) is 10.2. The Morgan fingerprint density at radius 1 is 1.19 bits per heavy atom. The van der Waals surface area contributed by atoms with Gasteiger partial charge in [-0.25, -0.2) is 4.79 Å². The number of rotatable bonds is 4. The van der Waals surface area contributed by atoms with E-state index in [-0.39, 0.29) is 11.9 Å². The number of fused-ring (bicyclic) bond motifs is 3. The van der Waals surface area contributed by atoms with Crippen molar-refractivity contribution in [2.24, 2.45) is 0 Å². The van der Waals surface area contributed by atoms with Crippen molar-refractivity contribution >= 4 is 11.9 Å². The molecule has 2 saturated heterocycles. The minimum Gasteiger partial charge on any atom is -0.343 e. The molecule has 2 unspecified atom stereocenters. The molecule has 4 rings (SSSR count). The van der Waals surface area contributed by atoms with Gasteiger partial charge in [-0.15, -0.1) is 0 Å². The number of carbonyl (C=O) groups is 2. The molecule has 0 aliphatic carbocycles. The van der Waals surface area contributed by atoms with Crippen molar-refractivity contribution in [2.75, 3.05) is 20.1 Å². The summed E-state index contributed by atoms with van der Waals surface area (Å²) in [4.78, 5) is 28.7. The van der Waals surface area contributed by atoms with E-state index in [0.29, 0.717) is 37.6 Å². The predicted molar refractivity (Wildman–Crippen MR) is 104 cm³/mol. The average molecular weight is 370 g/mol. The van der Waals surface area contributed by atoms with E-state index >= 15 is 0 Å². The van der Waals surface area contributed by atoms with Crippen LogP contribution in [0.3, 0.4) is 0 Å². The number of carbonyl (C=O) groups excluding carboxylic acids is 2. The van der Waals surface area contributed by atoms with Crippen LogP contribution in [0.4, 0.5) is 4.79 Å². The molecule has 3 aliphatic heterocycles. The molecule has 0 spiro atoms. The summed E-state index contributed by atoms with van der Waals surface area (Å²) in [6, 6.07) is 9.69. The lowest BCUT2D eigenvalue weighted by Crippen LogP contribution is -2.49. The number of nitrogens with one attached hydrogen (secondary N) is 2. The zero-order chi connectivity index (χ0) is 18.8. The van der Waals surface area contributed by atoms with Crippen LogP contribution in [-0.4, -0.2) is 60.0 Å². The van der Waals surface area contributed by atoms with Crippen molar-refractivity contribution in [1.29, 1.82) is 0 Å². The van der Waals surface area contributed by atoms with E-state index in [1.165, 1.54) is 24.0 Å². The normalized spacial score (nSPS) is 26.4. The highest BCUT2D eigenvalue weighted by atomic mass is 16.2. The van der Waals surface area contributed by atoms with Crippen molar-refractivity contribution in [3.8, 4) is 0 Å². The van der Waals surface area contributed by atoms with Gasteiger partial charge in [-0.3, -0.25) is 4.79 Å². The Bertz CT molecular complexity index is 695. The lowest BCUT2D eigenvalue weighted by Gasteiger charge is -2.35. The highest BCUT2D eigenvalue weighted by Crippen LogP contribution is 2.29. The summed E-state index contributed by atoms with van der Waals surface area (Å²) in [7, 11) is 1.92. The van der Waals surface area contributed by atoms with Crippen molar-refractivity contribution in [1.82, 2.24) is 20.4 Å². The molecule has 3 aliphatic rings. The number of hydrogen-bond acceptors (Lipinski definition) is 3. The smallest absolute Gasteiger partial charge is 0.317 e. The fourth-order valence-electron chi connectivity index (χ4n) is 4.78. The third-order valence-corrected chi connectivity index (χ3v) is 6.42.